The molecule has 1 aliphatic rings. The lowest BCUT2D eigenvalue weighted by molar-refractivity contribution is -0.133. The number of rotatable bonds is 4. The summed E-state index contributed by atoms with van der Waals surface area (Å²) in [4.78, 5) is 16.2. The average Bonchev–Trinajstić information content (AvgIpc) is 2.62. The third kappa shape index (κ3) is 4.35. The van der Waals surface area contributed by atoms with Crippen LogP contribution in [0.3, 0.4) is 0 Å². The van der Waals surface area contributed by atoms with Crippen LogP contribution in [0.4, 0.5) is 10.1 Å². The summed E-state index contributed by atoms with van der Waals surface area (Å²) in [6.45, 7) is 2.42. The van der Waals surface area contributed by atoms with Crippen LogP contribution in [0, 0.1) is 5.82 Å². The molecule has 0 atom stereocenters. The summed E-state index contributed by atoms with van der Waals surface area (Å²) in [5.74, 6) is -0.0492. The number of ether oxygens (including phenoxy) is 1. The van der Waals surface area contributed by atoms with Gasteiger partial charge in [-0.3, -0.25) is 4.79 Å². The van der Waals surface area contributed by atoms with E-state index in [0.717, 1.165) is 5.69 Å². The monoisotopic (exact) mass is 382 g/mol. The minimum Gasteiger partial charge on any atom is -0.481 e. The van der Waals surface area contributed by atoms with Crippen LogP contribution in [-0.2, 0) is 4.79 Å². The molecular weight excluding hydrogens is 366 g/mol. The highest BCUT2D eigenvalue weighted by Gasteiger charge is 2.22. The summed E-state index contributed by atoms with van der Waals surface area (Å²) < 4.78 is 18.5. The zero-order valence-electron chi connectivity index (χ0n) is 13.4. The fraction of sp³-hybridized carbons (Fsp3) is 0.278. The van der Waals surface area contributed by atoms with Crippen molar-refractivity contribution < 1.29 is 13.9 Å². The first kappa shape index (κ1) is 17.8. The van der Waals surface area contributed by atoms with Crippen molar-refractivity contribution in [3.63, 3.8) is 0 Å². The molecule has 1 aliphatic heterocycles. The first-order valence-corrected chi connectivity index (χ1v) is 8.65. The molecule has 0 saturated carbocycles. The molecule has 1 fully saturated rings. The number of halogens is 3. The van der Waals surface area contributed by atoms with E-state index in [1.807, 2.05) is 0 Å². The van der Waals surface area contributed by atoms with Crippen LogP contribution in [0.2, 0.25) is 10.0 Å². The highest BCUT2D eigenvalue weighted by atomic mass is 35.5. The third-order valence-corrected chi connectivity index (χ3v) is 4.68. The van der Waals surface area contributed by atoms with Crippen molar-refractivity contribution in [2.75, 3.05) is 37.7 Å². The van der Waals surface area contributed by atoms with Gasteiger partial charge in [-0.15, -0.1) is 0 Å². The van der Waals surface area contributed by atoms with E-state index in [1.165, 1.54) is 12.1 Å². The molecule has 0 aromatic heterocycles. The summed E-state index contributed by atoms with van der Waals surface area (Å²) in [6, 6.07) is 11.4. The second kappa shape index (κ2) is 7.93. The van der Waals surface area contributed by atoms with E-state index in [9.17, 15) is 9.18 Å². The topological polar surface area (TPSA) is 32.8 Å². The first-order valence-electron chi connectivity index (χ1n) is 7.89. The van der Waals surface area contributed by atoms with Gasteiger partial charge in [0.25, 0.3) is 5.91 Å². The van der Waals surface area contributed by atoms with Gasteiger partial charge in [-0.25, -0.2) is 4.39 Å². The Hall–Kier alpha value is -1.98. The first-order chi connectivity index (χ1) is 12.0. The molecule has 3 rings (SSSR count). The van der Waals surface area contributed by atoms with Gasteiger partial charge < -0.3 is 14.5 Å². The van der Waals surface area contributed by atoms with E-state index in [0.29, 0.717) is 42.0 Å². The maximum atomic E-state index is 13.0. The number of anilines is 1. The Bertz CT molecular complexity index is 727. The Kier molecular flexibility index (Phi) is 5.66. The number of amides is 1. The number of carbonyl (C=O) groups excluding carboxylic acids is 1. The summed E-state index contributed by atoms with van der Waals surface area (Å²) in [5, 5.41) is 0.753. The Morgan fingerprint density at radius 3 is 2.20 bits per heavy atom. The molecule has 25 heavy (non-hydrogen) atoms. The van der Waals surface area contributed by atoms with Gasteiger partial charge in [-0.2, -0.15) is 0 Å². The fourth-order valence-electron chi connectivity index (χ4n) is 2.71. The third-order valence-electron chi connectivity index (χ3n) is 4.08. The van der Waals surface area contributed by atoms with Crippen molar-refractivity contribution in [1.29, 1.82) is 0 Å². The molecule has 0 N–H and O–H groups in total. The second-order valence-electron chi connectivity index (χ2n) is 5.68. The molecule has 7 heteroatoms. The number of nitrogens with zero attached hydrogens (tertiary/aromatic N) is 2. The zero-order chi connectivity index (χ0) is 17.8. The predicted molar refractivity (Wildman–Crippen MR) is 97.2 cm³/mol. The standard InChI is InChI=1S/C18H17Cl2FN2O2/c19-15-2-1-3-16(20)18(15)25-12-17(24)23-10-8-22(9-11-23)14-6-4-13(21)5-7-14/h1-7H,8-12H2. The van der Waals surface area contributed by atoms with Gasteiger partial charge in [0, 0.05) is 31.9 Å². The fourth-order valence-corrected chi connectivity index (χ4v) is 3.22. The van der Waals surface area contributed by atoms with Crippen molar-refractivity contribution in [3.8, 4) is 5.75 Å². The Balaban J connectivity index is 1.52. The highest BCUT2D eigenvalue weighted by molar-refractivity contribution is 6.37. The van der Waals surface area contributed by atoms with E-state index < -0.39 is 0 Å². The van der Waals surface area contributed by atoms with Crippen molar-refractivity contribution in [2.45, 2.75) is 0 Å². The van der Waals surface area contributed by atoms with Crippen LogP contribution in [0.25, 0.3) is 0 Å². The molecule has 0 radical (unpaired) electrons. The molecule has 0 aliphatic carbocycles. The quantitative estimate of drug-likeness (QED) is 0.804. The zero-order valence-corrected chi connectivity index (χ0v) is 14.9. The number of para-hydroxylation sites is 1. The summed E-state index contributed by atoms with van der Waals surface area (Å²) in [7, 11) is 0. The predicted octanol–water partition coefficient (Wildman–Crippen LogP) is 3.86. The van der Waals surface area contributed by atoms with Crippen LogP contribution in [0.5, 0.6) is 5.75 Å². The summed E-state index contributed by atoms with van der Waals surface area (Å²) >= 11 is 12.1. The molecule has 0 bridgehead atoms. The van der Waals surface area contributed by atoms with E-state index in [1.54, 1.807) is 35.2 Å². The van der Waals surface area contributed by atoms with E-state index in [4.69, 9.17) is 27.9 Å². The van der Waals surface area contributed by atoms with Crippen molar-refractivity contribution in [1.82, 2.24) is 4.90 Å². The van der Waals surface area contributed by atoms with E-state index in [2.05, 4.69) is 4.90 Å². The number of carbonyl (C=O) groups is 1. The molecule has 132 valence electrons. The van der Waals surface area contributed by atoms with Crippen LogP contribution >= 0.6 is 23.2 Å². The maximum Gasteiger partial charge on any atom is 0.260 e. The largest absolute Gasteiger partial charge is 0.481 e. The van der Waals surface area contributed by atoms with Gasteiger partial charge in [-0.05, 0) is 36.4 Å². The summed E-state index contributed by atoms with van der Waals surface area (Å²) in [6.07, 6.45) is 0. The number of benzene rings is 2. The molecule has 4 nitrogen and oxygen atoms in total. The molecule has 1 saturated heterocycles. The number of hydrogen-bond acceptors (Lipinski definition) is 3. The van der Waals surface area contributed by atoms with Crippen LogP contribution in [0.15, 0.2) is 42.5 Å². The minimum atomic E-state index is -0.257. The SMILES string of the molecule is O=C(COc1c(Cl)cccc1Cl)N1CCN(c2ccc(F)cc2)CC1. The lowest BCUT2D eigenvalue weighted by Crippen LogP contribution is -2.50. The van der Waals surface area contributed by atoms with Crippen LogP contribution in [-0.4, -0.2) is 43.6 Å². The highest BCUT2D eigenvalue weighted by Crippen LogP contribution is 2.32. The normalized spacial score (nSPS) is 14.5. The Morgan fingerprint density at radius 1 is 1.00 bits per heavy atom. The molecular formula is C18H17Cl2FN2O2. The van der Waals surface area contributed by atoms with Crippen molar-refractivity contribution in [3.05, 3.63) is 58.3 Å². The van der Waals surface area contributed by atoms with Gasteiger partial charge in [0.05, 0.1) is 10.0 Å². The molecule has 0 unspecified atom stereocenters. The van der Waals surface area contributed by atoms with Crippen molar-refractivity contribution >= 4 is 34.8 Å². The van der Waals surface area contributed by atoms with Crippen molar-refractivity contribution in [2.24, 2.45) is 0 Å². The molecule has 2 aromatic rings. The lowest BCUT2D eigenvalue weighted by atomic mass is 10.2. The van der Waals surface area contributed by atoms with E-state index >= 15 is 0 Å². The summed E-state index contributed by atoms with van der Waals surface area (Å²) in [5.41, 5.74) is 0.951. The lowest BCUT2D eigenvalue weighted by Gasteiger charge is -2.36. The molecule has 1 heterocycles. The van der Waals surface area contributed by atoms with Crippen LogP contribution in [0.1, 0.15) is 0 Å². The molecule has 1 amide bonds. The van der Waals surface area contributed by atoms with E-state index in [-0.39, 0.29) is 18.3 Å². The number of piperazine rings is 1. The number of hydrogen-bond donors (Lipinski definition) is 0. The molecule has 2 aromatic carbocycles. The van der Waals surface area contributed by atoms with Gasteiger partial charge in [-0.1, -0.05) is 29.3 Å². The average molecular weight is 383 g/mol. The van der Waals surface area contributed by atoms with Gasteiger partial charge in [0.1, 0.15) is 5.82 Å². The Labute approximate surface area is 155 Å². The van der Waals surface area contributed by atoms with Gasteiger partial charge in [0.15, 0.2) is 12.4 Å². The second-order valence-corrected chi connectivity index (χ2v) is 6.50. The Morgan fingerprint density at radius 2 is 1.60 bits per heavy atom. The van der Waals surface area contributed by atoms with Gasteiger partial charge >= 0.3 is 0 Å². The minimum absolute atomic E-state index is 0.111. The van der Waals surface area contributed by atoms with Gasteiger partial charge in [0.2, 0.25) is 0 Å². The smallest absolute Gasteiger partial charge is 0.260 e. The van der Waals surface area contributed by atoms with Crippen LogP contribution < -0.4 is 9.64 Å². The maximum absolute atomic E-state index is 13.0. The molecule has 0 spiro atoms.